The zero-order chi connectivity index (χ0) is 14.5. The van der Waals surface area contributed by atoms with Crippen molar-refractivity contribution in [2.75, 3.05) is 7.11 Å². The Balaban J connectivity index is 2.16. The van der Waals surface area contributed by atoms with Crippen molar-refractivity contribution in [1.82, 2.24) is 5.32 Å². The molecule has 1 fully saturated rings. The van der Waals surface area contributed by atoms with Crippen LogP contribution in [0.15, 0.2) is 12.1 Å². The SMILES string of the molecule is CCC(C#N)Oc1c(Cl)cc(CNC2CC2)cc1OC. The summed E-state index contributed by atoms with van der Waals surface area (Å²) >= 11 is 6.26. The van der Waals surface area contributed by atoms with Crippen LogP contribution in [-0.2, 0) is 6.54 Å². The van der Waals surface area contributed by atoms with Crippen molar-refractivity contribution in [3.63, 3.8) is 0 Å². The Bertz CT molecular complexity index is 509. The molecule has 0 amide bonds. The van der Waals surface area contributed by atoms with E-state index in [1.54, 1.807) is 7.11 Å². The zero-order valence-corrected chi connectivity index (χ0v) is 12.5. The standard InChI is InChI=1S/C15H19ClN2O2/c1-3-12(8-17)20-15-13(16)6-10(7-14(15)19-2)9-18-11-4-5-11/h6-7,11-12,18H,3-5,9H2,1-2H3. The molecule has 20 heavy (non-hydrogen) atoms. The average molecular weight is 295 g/mol. The molecular weight excluding hydrogens is 276 g/mol. The van der Waals surface area contributed by atoms with Crippen molar-refractivity contribution in [1.29, 1.82) is 5.26 Å². The largest absolute Gasteiger partial charge is 0.493 e. The molecule has 0 aromatic heterocycles. The molecule has 1 aromatic rings. The predicted molar refractivity (Wildman–Crippen MR) is 78.2 cm³/mol. The van der Waals surface area contributed by atoms with E-state index in [2.05, 4.69) is 11.4 Å². The summed E-state index contributed by atoms with van der Waals surface area (Å²) in [5.41, 5.74) is 1.05. The van der Waals surface area contributed by atoms with Gasteiger partial charge in [-0.3, -0.25) is 0 Å². The van der Waals surface area contributed by atoms with Crippen LogP contribution >= 0.6 is 11.6 Å². The molecule has 1 atom stereocenters. The van der Waals surface area contributed by atoms with Crippen LogP contribution in [0, 0.1) is 11.3 Å². The first-order valence-corrected chi connectivity index (χ1v) is 7.21. The maximum atomic E-state index is 8.98. The van der Waals surface area contributed by atoms with Gasteiger partial charge in [0.05, 0.1) is 12.1 Å². The van der Waals surface area contributed by atoms with Gasteiger partial charge in [0, 0.05) is 12.6 Å². The summed E-state index contributed by atoms with van der Waals surface area (Å²) in [4.78, 5) is 0. The van der Waals surface area contributed by atoms with Crippen molar-refractivity contribution >= 4 is 11.6 Å². The molecule has 0 bridgehead atoms. The molecule has 0 heterocycles. The fourth-order valence-electron chi connectivity index (χ4n) is 1.88. The topological polar surface area (TPSA) is 54.3 Å². The molecule has 1 aliphatic carbocycles. The Labute approximate surface area is 124 Å². The summed E-state index contributed by atoms with van der Waals surface area (Å²) in [7, 11) is 1.57. The second kappa shape index (κ2) is 6.83. The van der Waals surface area contributed by atoms with E-state index in [1.807, 2.05) is 19.1 Å². The lowest BCUT2D eigenvalue weighted by atomic mass is 10.2. The maximum Gasteiger partial charge on any atom is 0.184 e. The number of hydrogen-bond acceptors (Lipinski definition) is 4. The summed E-state index contributed by atoms with van der Waals surface area (Å²) in [6.07, 6.45) is 2.57. The molecule has 1 N–H and O–H groups in total. The van der Waals surface area contributed by atoms with Gasteiger partial charge < -0.3 is 14.8 Å². The first-order chi connectivity index (χ1) is 9.67. The Kier molecular flexibility index (Phi) is 5.11. The summed E-state index contributed by atoms with van der Waals surface area (Å²) in [5.74, 6) is 1.01. The zero-order valence-electron chi connectivity index (χ0n) is 11.8. The van der Waals surface area contributed by atoms with E-state index < -0.39 is 6.10 Å². The molecule has 2 rings (SSSR count). The Morgan fingerprint density at radius 3 is 2.80 bits per heavy atom. The minimum absolute atomic E-state index is 0.442. The molecule has 0 spiro atoms. The van der Waals surface area contributed by atoms with Crippen molar-refractivity contribution in [3.8, 4) is 17.6 Å². The summed E-state index contributed by atoms with van der Waals surface area (Å²) in [6, 6.07) is 6.49. The third kappa shape index (κ3) is 3.78. The minimum Gasteiger partial charge on any atom is -0.493 e. The first-order valence-electron chi connectivity index (χ1n) is 6.84. The highest BCUT2D eigenvalue weighted by Crippen LogP contribution is 2.37. The van der Waals surface area contributed by atoms with Crippen molar-refractivity contribution in [3.05, 3.63) is 22.7 Å². The highest BCUT2D eigenvalue weighted by Gasteiger charge is 2.21. The van der Waals surface area contributed by atoms with Crippen LogP contribution in [0.5, 0.6) is 11.5 Å². The van der Waals surface area contributed by atoms with Crippen LogP contribution in [0.3, 0.4) is 0 Å². The van der Waals surface area contributed by atoms with E-state index in [0.29, 0.717) is 29.0 Å². The fourth-order valence-corrected chi connectivity index (χ4v) is 2.16. The molecule has 1 aliphatic rings. The second-order valence-electron chi connectivity index (χ2n) is 4.91. The lowest BCUT2D eigenvalue weighted by Crippen LogP contribution is -2.16. The Morgan fingerprint density at radius 2 is 2.25 bits per heavy atom. The van der Waals surface area contributed by atoms with E-state index in [9.17, 15) is 0 Å². The number of hydrogen-bond donors (Lipinski definition) is 1. The maximum absolute atomic E-state index is 8.98. The van der Waals surface area contributed by atoms with Gasteiger partial charge in [0.25, 0.3) is 0 Å². The highest BCUT2D eigenvalue weighted by molar-refractivity contribution is 6.32. The Hall–Kier alpha value is -1.44. The monoisotopic (exact) mass is 294 g/mol. The lowest BCUT2D eigenvalue weighted by Gasteiger charge is -2.16. The van der Waals surface area contributed by atoms with Crippen LogP contribution in [0.1, 0.15) is 31.7 Å². The smallest absolute Gasteiger partial charge is 0.184 e. The second-order valence-corrected chi connectivity index (χ2v) is 5.32. The quantitative estimate of drug-likeness (QED) is 0.838. The van der Waals surface area contributed by atoms with Crippen LogP contribution in [-0.4, -0.2) is 19.3 Å². The average Bonchev–Trinajstić information content (AvgIpc) is 3.27. The number of nitrogens with zero attached hydrogens (tertiary/aromatic N) is 1. The third-order valence-corrected chi connectivity index (χ3v) is 3.52. The molecule has 1 saturated carbocycles. The number of ether oxygens (including phenoxy) is 2. The molecule has 0 radical (unpaired) electrons. The van der Waals surface area contributed by atoms with Gasteiger partial charge >= 0.3 is 0 Å². The number of halogens is 1. The van der Waals surface area contributed by atoms with Crippen molar-refractivity contribution < 1.29 is 9.47 Å². The number of nitrogens with one attached hydrogen (secondary N) is 1. The summed E-state index contributed by atoms with van der Waals surface area (Å²) in [6.45, 7) is 2.65. The van der Waals surface area contributed by atoms with Gasteiger partial charge in [-0.05, 0) is 37.0 Å². The van der Waals surface area contributed by atoms with Gasteiger partial charge in [-0.25, -0.2) is 0 Å². The molecule has 108 valence electrons. The van der Waals surface area contributed by atoms with E-state index in [-0.39, 0.29) is 0 Å². The number of rotatable bonds is 7. The molecule has 1 aromatic carbocycles. The number of nitriles is 1. The summed E-state index contributed by atoms with van der Waals surface area (Å²) in [5, 5.41) is 12.9. The third-order valence-electron chi connectivity index (χ3n) is 3.24. The van der Waals surface area contributed by atoms with Crippen LogP contribution in [0.4, 0.5) is 0 Å². The fraction of sp³-hybridized carbons (Fsp3) is 0.533. The van der Waals surface area contributed by atoms with E-state index in [1.165, 1.54) is 12.8 Å². The predicted octanol–water partition coefficient (Wildman–Crippen LogP) is 3.28. The highest BCUT2D eigenvalue weighted by atomic mass is 35.5. The van der Waals surface area contributed by atoms with E-state index in [4.69, 9.17) is 26.3 Å². The van der Waals surface area contributed by atoms with Crippen LogP contribution in [0.25, 0.3) is 0 Å². The normalized spacial score (nSPS) is 15.5. The Morgan fingerprint density at radius 1 is 1.50 bits per heavy atom. The van der Waals surface area contributed by atoms with Crippen LogP contribution in [0.2, 0.25) is 5.02 Å². The van der Waals surface area contributed by atoms with Gasteiger partial charge in [-0.1, -0.05) is 18.5 Å². The molecule has 0 aliphatic heterocycles. The van der Waals surface area contributed by atoms with E-state index >= 15 is 0 Å². The lowest BCUT2D eigenvalue weighted by molar-refractivity contribution is 0.239. The molecule has 4 nitrogen and oxygen atoms in total. The first kappa shape index (κ1) is 15.0. The van der Waals surface area contributed by atoms with Crippen molar-refractivity contribution in [2.24, 2.45) is 0 Å². The molecule has 1 unspecified atom stereocenters. The summed E-state index contributed by atoms with van der Waals surface area (Å²) < 4.78 is 11.0. The van der Waals surface area contributed by atoms with Gasteiger partial charge in [-0.2, -0.15) is 5.26 Å². The van der Waals surface area contributed by atoms with E-state index in [0.717, 1.165) is 12.1 Å². The van der Waals surface area contributed by atoms with Gasteiger partial charge in [-0.15, -0.1) is 0 Å². The van der Waals surface area contributed by atoms with Crippen molar-refractivity contribution in [2.45, 2.75) is 44.9 Å². The molecular formula is C15H19ClN2O2. The molecule has 0 saturated heterocycles. The van der Waals surface area contributed by atoms with Gasteiger partial charge in [0.2, 0.25) is 0 Å². The van der Waals surface area contributed by atoms with Crippen LogP contribution < -0.4 is 14.8 Å². The number of methoxy groups -OCH3 is 1. The van der Waals surface area contributed by atoms with Gasteiger partial charge in [0.15, 0.2) is 17.6 Å². The minimum atomic E-state index is -0.517. The number of benzene rings is 1. The van der Waals surface area contributed by atoms with Gasteiger partial charge in [0.1, 0.15) is 6.07 Å². The molecule has 5 heteroatoms.